The van der Waals surface area contributed by atoms with E-state index in [1.165, 1.54) is 18.4 Å². The van der Waals surface area contributed by atoms with Gasteiger partial charge in [0.15, 0.2) is 10.9 Å². The highest BCUT2D eigenvalue weighted by Gasteiger charge is 2.49. The number of amides is 1. The molecule has 1 aliphatic rings. The van der Waals surface area contributed by atoms with Crippen molar-refractivity contribution in [2.45, 2.75) is 19.9 Å². The summed E-state index contributed by atoms with van der Waals surface area (Å²) in [5.74, 6) is -3.48. The molecule has 0 aliphatic carbocycles. The van der Waals surface area contributed by atoms with Crippen molar-refractivity contribution in [1.29, 1.82) is 0 Å². The number of thiazole rings is 1. The summed E-state index contributed by atoms with van der Waals surface area (Å²) < 4.78 is 33.8. The van der Waals surface area contributed by atoms with Gasteiger partial charge in [0.05, 0.1) is 22.9 Å². The van der Waals surface area contributed by atoms with Gasteiger partial charge in [0.1, 0.15) is 28.9 Å². The number of aliphatic hydroxyl groups is 1. The number of aryl methyl sites for hydroxylation is 2. The van der Waals surface area contributed by atoms with Crippen molar-refractivity contribution in [2.75, 3.05) is 12.0 Å². The van der Waals surface area contributed by atoms with Gasteiger partial charge in [-0.2, -0.15) is 0 Å². The highest BCUT2D eigenvalue weighted by Crippen LogP contribution is 2.46. The molecule has 35 heavy (non-hydrogen) atoms. The highest BCUT2D eigenvalue weighted by molar-refractivity contribution is 7.22. The number of thiophene rings is 1. The van der Waals surface area contributed by atoms with Crippen molar-refractivity contribution < 1.29 is 28.2 Å². The predicted octanol–water partition coefficient (Wildman–Crippen LogP) is 5.89. The van der Waals surface area contributed by atoms with E-state index in [1.807, 2.05) is 19.9 Å². The SMILES string of the molecule is COc1c(C)cc(C)cc1/C(O)=C1\C(=O)C(=O)N(c2nc3c(F)cc(F)cc3s2)C1c1cccs1. The standard InChI is InChI=1S/C25H18F2N2O4S2/c1-11-7-12(2)23(33-3)14(8-11)21(30)18-20(16-5-4-6-34-16)29(24(32)22(18)31)25-28-19-15(27)9-13(26)10-17(19)35-25/h4-10,20,30H,1-3H3/b21-18+. The van der Waals surface area contributed by atoms with E-state index in [1.54, 1.807) is 23.6 Å². The molecule has 6 nitrogen and oxygen atoms in total. The number of aliphatic hydroxyl groups excluding tert-OH is 1. The number of benzene rings is 2. The Balaban J connectivity index is 1.76. The molecule has 0 spiro atoms. The molecule has 1 unspecified atom stereocenters. The van der Waals surface area contributed by atoms with Crippen LogP contribution in [0.4, 0.5) is 13.9 Å². The summed E-state index contributed by atoms with van der Waals surface area (Å²) in [6.45, 7) is 3.65. The maximum Gasteiger partial charge on any atom is 0.301 e. The number of aromatic nitrogens is 1. The second-order valence-electron chi connectivity index (χ2n) is 8.08. The number of rotatable bonds is 4. The molecule has 0 bridgehead atoms. The first-order valence-electron chi connectivity index (χ1n) is 10.5. The van der Waals surface area contributed by atoms with Crippen LogP contribution in [0.15, 0.2) is 47.4 Å². The Morgan fingerprint density at radius 1 is 1.17 bits per heavy atom. The van der Waals surface area contributed by atoms with E-state index >= 15 is 0 Å². The van der Waals surface area contributed by atoms with Gasteiger partial charge < -0.3 is 9.84 Å². The average Bonchev–Trinajstić information content (AvgIpc) is 3.52. The lowest BCUT2D eigenvalue weighted by molar-refractivity contribution is -0.132. The van der Waals surface area contributed by atoms with E-state index in [2.05, 4.69) is 4.98 Å². The zero-order valence-electron chi connectivity index (χ0n) is 18.8. The Morgan fingerprint density at radius 3 is 2.63 bits per heavy atom. The quantitative estimate of drug-likeness (QED) is 0.210. The lowest BCUT2D eigenvalue weighted by Gasteiger charge is -2.22. The number of ketones is 1. The van der Waals surface area contributed by atoms with E-state index < -0.39 is 29.4 Å². The van der Waals surface area contributed by atoms with Gasteiger partial charge in [-0.15, -0.1) is 11.3 Å². The second kappa shape index (κ2) is 8.54. The molecule has 10 heteroatoms. The fourth-order valence-electron chi connectivity index (χ4n) is 4.34. The minimum absolute atomic E-state index is 0.0245. The maximum absolute atomic E-state index is 14.3. The van der Waals surface area contributed by atoms with E-state index in [4.69, 9.17) is 4.74 Å². The molecule has 1 amide bonds. The number of hydrogen-bond acceptors (Lipinski definition) is 7. The molecule has 3 heterocycles. The van der Waals surface area contributed by atoms with Gasteiger partial charge in [-0.05, 0) is 48.6 Å². The molecule has 1 fully saturated rings. The van der Waals surface area contributed by atoms with Crippen LogP contribution in [0.1, 0.15) is 27.6 Å². The molecule has 5 rings (SSSR count). The average molecular weight is 513 g/mol. The molecular formula is C25H18F2N2O4S2. The largest absolute Gasteiger partial charge is 0.507 e. The number of halogens is 2. The molecule has 0 radical (unpaired) electrons. The first-order chi connectivity index (χ1) is 16.7. The lowest BCUT2D eigenvalue weighted by Crippen LogP contribution is -2.28. The Hall–Kier alpha value is -3.63. The van der Waals surface area contributed by atoms with Crippen LogP contribution in [0.5, 0.6) is 5.75 Å². The summed E-state index contributed by atoms with van der Waals surface area (Å²) in [5.41, 5.74) is 1.62. The third-order valence-corrected chi connectivity index (χ3v) is 7.67. The zero-order valence-corrected chi connectivity index (χ0v) is 20.4. The van der Waals surface area contributed by atoms with Crippen molar-refractivity contribution in [3.05, 3.63) is 80.6 Å². The number of carbonyl (C=O) groups is 2. The van der Waals surface area contributed by atoms with Crippen LogP contribution in [0.25, 0.3) is 16.0 Å². The Labute approximate surface area is 206 Å². The van der Waals surface area contributed by atoms with Gasteiger partial charge >= 0.3 is 5.91 Å². The third kappa shape index (κ3) is 3.69. The smallest absolute Gasteiger partial charge is 0.301 e. The summed E-state index contributed by atoms with van der Waals surface area (Å²) >= 11 is 2.18. The van der Waals surface area contributed by atoms with Gasteiger partial charge in [0.25, 0.3) is 5.78 Å². The Kier molecular flexibility index (Phi) is 5.65. The van der Waals surface area contributed by atoms with E-state index in [-0.39, 0.29) is 32.2 Å². The molecule has 1 atom stereocenters. The van der Waals surface area contributed by atoms with Gasteiger partial charge in [0.2, 0.25) is 0 Å². The minimum Gasteiger partial charge on any atom is -0.507 e. The number of methoxy groups -OCH3 is 1. The second-order valence-corrected chi connectivity index (χ2v) is 10.1. The maximum atomic E-state index is 14.3. The number of nitrogens with zero attached hydrogens (tertiary/aromatic N) is 2. The molecular weight excluding hydrogens is 494 g/mol. The first kappa shape index (κ1) is 23.1. The number of ether oxygens (including phenoxy) is 1. The monoisotopic (exact) mass is 512 g/mol. The van der Waals surface area contributed by atoms with Crippen LogP contribution in [0.2, 0.25) is 0 Å². The van der Waals surface area contributed by atoms with Gasteiger partial charge in [0, 0.05) is 10.9 Å². The number of anilines is 1. The molecule has 178 valence electrons. The van der Waals surface area contributed by atoms with Crippen molar-refractivity contribution in [3.8, 4) is 5.75 Å². The number of fused-ring (bicyclic) bond motifs is 1. The summed E-state index contributed by atoms with van der Waals surface area (Å²) in [6.07, 6.45) is 0. The topological polar surface area (TPSA) is 79.7 Å². The van der Waals surface area contributed by atoms with Gasteiger partial charge in [-0.25, -0.2) is 13.8 Å². The minimum atomic E-state index is -1.01. The van der Waals surface area contributed by atoms with Crippen molar-refractivity contribution in [2.24, 2.45) is 0 Å². The molecule has 4 aromatic rings. The molecule has 2 aromatic heterocycles. The van der Waals surface area contributed by atoms with Gasteiger partial charge in [-0.3, -0.25) is 14.5 Å². The van der Waals surface area contributed by atoms with Crippen LogP contribution in [-0.2, 0) is 9.59 Å². The molecule has 1 N–H and O–H groups in total. The highest BCUT2D eigenvalue weighted by atomic mass is 32.1. The Morgan fingerprint density at radius 2 is 1.94 bits per heavy atom. The number of carbonyl (C=O) groups excluding carboxylic acids is 2. The summed E-state index contributed by atoms with van der Waals surface area (Å²) in [4.78, 5) is 32.5. The van der Waals surface area contributed by atoms with E-state index in [9.17, 15) is 23.5 Å². The summed E-state index contributed by atoms with van der Waals surface area (Å²) in [7, 11) is 1.46. The molecule has 1 saturated heterocycles. The van der Waals surface area contributed by atoms with Crippen LogP contribution < -0.4 is 9.64 Å². The molecule has 2 aromatic carbocycles. The number of Topliss-reactive ketones (excluding diaryl/α,β-unsaturated/α-hetero) is 1. The van der Waals surface area contributed by atoms with Crippen LogP contribution in [0.3, 0.4) is 0 Å². The lowest BCUT2D eigenvalue weighted by atomic mass is 9.97. The first-order valence-corrected chi connectivity index (χ1v) is 12.2. The Bertz CT molecular complexity index is 1540. The summed E-state index contributed by atoms with van der Waals surface area (Å²) in [5, 5.41) is 13.2. The normalized spacial score (nSPS) is 17.5. The molecule has 0 saturated carbocycles. The van der Waals surface area contributed by atoms with E-state index in [0.717, 1.165) is 33.4 Å². The fraction of sp³-hybridized carbons (Fsp3) is 0.160. The fourth-order valence-corrected chi connectivity index (χ4v) is 6.20. The predicted molar refractivity (Wildman–Crippen MR) is 131 cm³/mol. The van der Waals surface area contributed by atoms with Crippen molar-refractivity contribution in [1.82, 2.24) is 4.98 Å². The molecule has 1 aliphatic heterocycles. The van der Waals surface area contributed by atoms with Crippen LogP contribution >= 0.6 is 22.7 Å². The van der Waals surface area contributed by atoms with Gasteiger partial charge in [-0.1, -0.05) is 23.5 Å². The van der Waals surface area contributed by atoms with Crippen LogP contribution in [0, 0.1) is 25.5 Å². The zero-order chi connectivity index (χ0) is 25.0. The van der Waals surface area contributed by atoms with Crippen LogP contribution in [-0.4, -0.2) is 28.9 Å². The summed E-state index contributed by atoms with van der Waals surface area (Å²) in [6, 6.07) is 7.86. The van der Waals surface area contributed by atoms with E-state index in [0.29, 0.717) is 16.7 Å². The van der Waals surface area contributed by atoms with Crippen molar-refractivity contribution in [3.63, 3.8) is 0 Å². The van der Waals surface area contributed by atoms with Crippen molar-refractivity contribution >= 4 is 55.5 Å². The third-order valence-electron chi connectivity index (χ3n) is 5.74. The number of hydrogen-bond donors (Lipinski definition) is 1.